The summed E-state index contributed by atoms with van der Waals surface area (Å²) < 4.78 is 5.64. The van der Waals surface area contributed by atoms with Crippen LogP contribution in [0.4, 0.5) is 11.4 Å². The normalized spacial score (nSPS) is 18.1. The Kier molecular flexibility index (Phi) is 6.55. The standard InChI is InChI=1S/C29H31N3O3/c1-3-31-13-15-32(16-14-31)24-10-12-26(20(2)17-24)30-28(33)22-9-11-25-23(18-22)19-27(35-29(25)34)21-7-5-4-6-8-21/h4-12,17-18,27H,3,13-16,19H2,1-2H3,(H,30,33). The molecule has 0 saturated carbocycles. The van der Waals surface area contributed by atoms with E-state index < -0.39 is 0 Å². The van der Waals surface area contributed by atoms with Gasteiger partial charge in [-0.1, -0.05) is 37.3 Å². The second kappa shape index (κ2) is 9.92. The summed E-state index contributed by atoms with van der Waals surface area (Å²) in [5.41, 5.74) is 5.86. The summed E-state index contributed by atoms with van der Waals surface area (Å²) in [7, 11) is 0. The largest absolute Gasteiger partial charge is 0.454 e. The minimum Gasteiger partial charge on any atom is -0.454 e. The number of benzene rings is 3. The summed E-state index contributed by atoms with van der Waals surface area (Å²) >= 11 is 0. The van der Waals surface area contributed by atoms with Crippen molar-refractivity contribution in [2.24, 2.45) is 0 Å². The molecular formula is C29H31N3O3. The van der Waals surface area contributed by atoms with Gasteiger partial charge in [0.05, 0.1) is 5.56 Å². The third kappa shape index (κ3) is 4.93. The summed E-state index contributed by atoms with van der Waals surface area (Å²) in [5, 5.41) is 3.05. The lowest BCUT2D eigenvalue weighted by Gasteiger charge is -2.35. The van der Waals surface area contributed by atoms with Gasteiger partial charge >= 0.3 is 5.97 Å². The quantitative estimate of drug-likeness (QED) is 0.542. The Bertz CT molecular complexity index is 1230. The minimum absolute atomic E-state index is 0.185. The monoisotopic (exact) mass is 469 g/mol. The second-order valence-corrected chi connectivity index (χ2v) is 9.26. The molecule has 1 N–H and O–H groups in total. The molecule has 1 unspecified atom stereocenters. The second-order valence-electron chi connectivity index (χ2n) is 9.26. The highest BCUT2D eigenvalue weighted by molar-refractivity contribution is 6.05. The minimum atomic E-state index is -0.349. The number of cyclic esters (lactones) is 1. The zero-order valence-corrected chi connectivity index (χ0v) is 20.3. The number of piperazine rings is 1. The topological polar surface area (TPSA) is 61.9 Å². The molecule has 2 heterocycles. The van der Waals surface area contributed by atoms with E-state index in [4.69, 9.17) is 4.74 Å². The van der Waals surface area contributed by atoms with Crippen LogP contribution < -0.4 is 10.2 Å². The number of likely N-dealkylation sites (N-methyl/N-ethyl adjacent to an activating group) is 1. The lowest BCUT2D eigenvalue weighted by Crippen LogP contribution is -2.46. The first-order valence-electron chi connectivity index (χ1n) is 12.3. The number of nitrogens with one attached hydrogen (secondary N) is 1. The number of carbonyl (C=O) groups excluding carboxylic acids is 2. The van der Waals surface area contributed by atoms with Gasteiger partial charge in [-0.3, -0.25) is 4.79 Å². The van der Waals surface area contributed by atoms with Gasteiger partial charge in [0.1, 0.15) is 6.10 Å². The maximum absolute atomic E-state index is 13.1. The zero-order chi connectivity index (χ0) is 24.4. The molecule has 180 valence electrons. The number of nitrogens with zero attached hydrogens (tertiary/aromatic N) is 2. The van der Waals surface area contributed by atoms with Gasteiger partial charge < -0.3 is 19.9 Å². The molecule has 1 saturated heterocycles. The predicted octanol–water partition coefficient (Wildman–Crippen LogP) is 4.84. The maximum Gasteiger partial charge on any atom is 0.339 e. The van der Waals surface area contributed by atoms with Crippen LogP contribution in [0.2, 0.25) is 0 Å². The highest BCUT2D eigenvalue weighted by Gasteiger charge is 2.28. The number of rotatable bonds is 5. The van der Waals surface area contributed by atoms with E-state index in [1.807, 2.05) is 49.4 Å². The molecule has 3 aromatic rings. The van der Waals surface area contributed by atoms with Crippen LogP contribution in [0.3, 0.4) is 0 Å². The summed E-state index contributed by atoms with van der Waals surface area (Å²) in [6.07, 6.45) is 0.203. The van der Waals surface area contributed by atoms with Crippen molar-refractivity contribution in [2.75, 3.05) is 42.9 Å². The van der Waals surface area contributed by atoms with Crippen molar-refractivity contribution in [3.05, 3.63) is 94.5 Å². The van der Waals surface area contributed by atoms with E-state index in [0.717, 1.165) is 55.1 Å². The van der Waals surface area contributed by atoms with Crippen LogP contribution in [0.15, 0.2) is 66.7 Å². The van der Waals surface area contributed by atoms with Crippen LogP contribution in [-0.4, -0.2) is 49.5 Å². The van der Waals surface area contributed by atoms with Gasteiger partial charge in [0.2, 0.25) is 0 Å². The van der Waals surface area contributed by atoms with Crippen LogP contribution in [0.1, 0.15) is 50.4 Å². The number of anilines is 2. The van der Waals surface area contributed by atoms with E-state index in [1.165, 1.54) is 5.69 Å². The zero-order valence-electron chi connectivity index (χ0n) is 20.3. The average Bonchev–Trinajstić information content (AvgIpc) is 2.90. The average molecular weight is 470 g/mol. The van der Waals surface area contributed by atoms with E-state index in [9.17, 15) is 9.59 Å². The van der Waals surface area contributed by atoms with Gasteiger partial charge in [-0.05, 0) is 66.6 Å². The Hall–Kier alpha value is -3.64. The third-order valence-electron chi connectivity index (χ3n) is 7.06. The number of aryl methyl sites for hydroxylation is 1. The van der Waals surface area contributed by atoms with Crippen molar-refractivity contribution in [1.29, 1.82) is 0 Å². The SMILES string of the molecule is CCN1CCN(c2ccc(NC(=O)c3ccc4c(c3)CC(c3ccccc3)OC4=O)c(C)c2)CC1. The third-order valence-corrected chi connectivity index (χ3v) is 7.06. The first kappa shape index (κ1) is 23.1. The first-order valence-corrected chi connectivity index (χ1v) is 12.3. The molecule has 2 aliphatic heterocycles. The van der Waals surface area contributed by atoms with E-state index >= 15 is 0 Å². The number of ether oxygens (including phenoxy) is 1. The molecule has 5 rings (SSSR count). The fourth-order valence-corrected chi connectivity index (χ4v) is 4.89. The molecule has 1 fully saturated rings. The number of amides is 1. The van der Waals surface area contributed by atoms with Crippen LogP contribution in [0, 0.1) is 6.92 Å². The lowest BCUT2D eigenvalue weighted by atomic mass is 9.93. The van der Waals surface area contributed by atoms with Crippen LogP contribution in [-0.2, 0) is 11.2 Å². The molecule has 0 spiro atoms. The summed E-state index contributed by atoms with van der Waals surface area (Å²) in [5.74, 6) is -0.534. The molecule has 2 aliphatic rings. The van der Waals surface area contributed by atoms with Crippen LogP contribution in [0.25, 0.3) is 0 Å². The highest BCUT2D eigenvalue weighted by atomic mass is 16.5. The van der Waals surface area contributed by atoms with Gasteiger partial charge in [0.15, 0.2) is 0 Å². The maximum atomic E-state index is 13.1. The van der Waals surface area contributed by atoms with Gasteiger partial charge in [-0.25, -0.2) is 4.79 Å². The molecule has 3 aromatic carbocycles. The molecule has 1 amide bonds. The Morgan fingerprint density at radius 3 is 2.49 bits per heavy atom. The van der Waals surface area contributed by atoms with E-state index in [1.54, 1.807) is 12.1 Å². The molecule has 0 radical (unpaired) electrons. The smallest absolute Gasteiger partial charge is 0.339 e. The van der Waals surface area contributed by atoms with Crippen molar-refractivity contribution in [1.82, 2.24) is 4.90 Å². The first-order chi connectivity index (χ1) is 17.0. The predicted molar refractivity (Wildman–Crippen MR) is 138 cm³/mol. The van der Waals surface area contributed by atoms with Crippen molar-refractivity contribution in [3.63, 3.8) is 0 Å². The van der Waals surface area contributed by atoms with Crippen LogP contribution in [0.5, 0.6) is 0 Å². The van der Waals surface area contributed by atoms with E-state index in [-0.39, 0.29) is 18.0 Å². The van der Waals surface area contributed by atoms with Crippen molar-refractivity contribution >= 4 is 23.3 Å². The fourth-order valence-electron chi connectivity index (χ4n) is 4.89. The molecule has 6 nitrogen and oxygen atoms in total. The van der Waals surface area contributed by atoms with E-state index in [2.05, 4.69) is 34.2 Å². The fraction of sp³-hybridized carbons (Fsp3) is 0.310. The Morgan fingerprint density at radius 1 is 1.00 bits per heavy atom. The molecule has 0 bridgehead atoms. The van der Waals surface area contributed by atoms with Gasteiger partial charge in [0.25, 0.3) is 5.91 Å². The number of carbonyl (C=O) groups is 2. The number of hydrogen-bond donors (Lipinski definition) is 1. The Labute approximate surface area is 206 Å². The number of hydrogen-bond acceptors (Lipinski definition) is 5. The van der Waals surface area contributed by atoms with Gasteiger partial charge in [-0.15, -0.1) is 0 Å². The molecule has 35 heavy (non-hydrogen) atoms. The van der Waals surface area contributed by atoms with Crippen LogP contribution >= 0.6 is 0 Å². The summed E-state index contributed by atoms with van der Waals surface area (Å²) in [6, 6.07) is 21.1. The Balaban J connectivity index is 1.30. The van der Waals surface area contributed by atoms with Gasteiger partial charge in [0, 0.05) is 49.5 Å². The number of fused-ring (bicyclic) bond motifs is 1. The molecule has 1 atom stereocenters. The van der Waals surface area contributed by atoms with Crippen molar-refractivity contribution in [2.45, 2.75) is 26.4 Å². The van der Waals surface area contributed by atoms with Gasteiger partial charge in [-0.2, -0.15) is 0 Å². The number of esters is 1. The van der Waals surface area contributed by atoms with Crippen molar-refractivity contribution < 1.29 is 14.3 Å². The summed E-state index contributed by atoms with van der Waals surface area (Å²) in [6.45, 7) is 9.49. The highest BCUT2D eigenvalue weighted by Crippen LogP contribution is 2.31. The van der Waals surface area contributed by atoms with Crippen molar-refractivity contribution in [3.8, 4) is 0 Å². The van der Waals surface area contributed by atoms with E-state index in [0.29, 0.717) is 17.5 Å². The molecule has 0 aromatic heterocycles. The molecular weight excluding hydrogens is 438 g/mol. The summed E-state index contributed by atoms with van der Waals surface area (Å²) in [4.78, 5) is 30.5. The molecule has 6 heteroatoms. The Morgan fingerprint density at radius 2 is 1.77 bits per heavy atom. The molecule has 0 aliphatic carbocycles. The lowest BCUT2D eigenvalue weighted by molar-refractivity contribution is 0.0252.